The van der Waals surface area contributed by atoms with Crippen molar-refractivity contribution in [2.75, 3.05) is 24.3 Å². The van der Waals surface area contributed by atoms with E-state index in [0.717, 1.165) is 16.1 Å². The molecule has 0 spiro atoms. The highest BCUT2D eigenvalue weighted by atomic mass is 32.2. The fourth-order valence-electron chi connectivity index (χ4n) is 3.07. The van der Waals surface area contributed by atoms with Crippen LogP contribution in [0.3, 0.4) is 0 Å². The largest absolute Gasteiger partial charge is 0.496 e. The summed E-state index contributed by atoms with van der Waals surface area (Å²) in [6.07, 6.45) is 1.41. The highest BCUT2D eigenvalue weighted by Gasteiger charge is 2.31. The summed E-state index contributed by atoms with van der Waals surface area (Å²) in [7, 11) is -2.13. The third kappa shape index (κ3) is 5.87. The number of carbonyl (C=O) groups excluding carboxylic acids is 1. The number of hydrogen-bond acceptors (Lipinski definition) is 5. The van der Waals surface area contributed by atoms with Gasteiger partial charge < -0.3 is 14.8 Å². The van der Waals surface area contributed by atoms with Gasteiger partial charge in [0.05, 0.1) is 25.7 Å². The summed E-state index contributed by atoms with van der Waals surface area (Å²) < 4.78 is 36.9. The molecule has 0 aliphatic rings. The van der Waals surface area contributed by atoms with E-state index in [2.05, 4.69) is 5.32 Å². The summed E-state index contributed by atoms with van der Waals surface area (Å²) in [5.74, 6) is 0.920. The Hall–Kier alpha value is -2.74. The van der Waals surface area contributed by atoms with Crippen LogP contribution in [-0.2, 0) is 21.4 Å². The molecule has 0 aliphatic carbocycles. The summed E-state index contributed by atoms with van der Waals surface area (Å²) in [5, 5.41) is 2.83. The second kappa shape index (κ2) is 10.2. The van der Waals surface area contributed by atoms with E-state index in [9.17, 15) is 13.2 Å². The van der Waals surface area contributed by atoms with Gasteiger partial charge in [0.1, 0.15) is 17.5 Å². The normalized spacial score (nSPS) is 12.1. The molecule has 158 valence electrons. The number of amides is 1. The maximum absolute atomic E-state index is 12.9. The van der Waals surface area contributed by atoms with Crippen molar-refractivity contribution in [3.8, 4) is 11.5 Å². The number of hydrogen-bond donors (Lipinski definition) is 1. The fraction of sp³-hybridized carbons (Fsp3) is 0.381. The molecule has 1 amide bonds. The summed E-state index contributed by atoms with van der Waals surface area (Å²) >= 11 is 0. The van der Waals surface area contributed by atoms with E-state index >= 15 is 0 Å². The zero-order valence-corrected chi connectivity index (χ0v) is 18.0. The van der Waals surface area contributed by atoms with Crippen LogP contribution in [0.5, 0.6) is 11.5 Å². The minimum absolute atomic E-state index is 0.236. The van der Waals surface area contributed by atoms with Gasteiger partial charge in [0.15, 0.2) is 0 Å². The van der Waals surface area contributed by atoms with Crippen LogP contribution >= 0.6 is 0 Å². The van der Waals surface area contributed by atoms with Crippen LogP contribution in [0.1, 0.15) is 25.8 Å². The third-order valence-corrected chi connectivity index (χ3v) is 5.56. The summed E-state index contributed by atoms with van der Waals surface area (Å²) in [5.41, 5.74) is 1.22. The van der Waals surface area contributed by atoms with Crippen LogP contribution in [-0.4, -0.2) is 40.3 Å². The monoisotopic (exact) mass is 420 g/mol. The van der Waals surface area contributed by atoms with Crippen molar-refractivity contribution in [1.29, 1.82) is 0 Å². The first kappa shape index (κ1) is 22.5. The van der Waals surface area contributed by atoms with Crippen molar-refractivity contribution in [1.82, 2.24) is 5.32 Å². The molecule has 2 aromatic rings. The Morgan fingerprint density at radius 3 is 2.31 bits per heavy atom. The van der Waals surface area contributed by atoms with E-state index in [1.54, 1.807) is 38.3 Å². The summed E-state index contributed by atoms with van der Waals surface area (Å²) in [6.45, 7) is 4.40. The Kier molecular flexibility index (Phi) is 7.90. The molecule has 1 N–H and O–H groups in total. The Bertz CT molecular complexity index is 913. The fourth-order valence-corrected chi connectivity index (χ4v) is 4.28. The zero-order valence-electron chi connectivity index (χ0n) is 17.2. The summed E-state index contributed by atoms with van der Waals surface area (Å²) in [6, 6.07) is 13.1. The average Bonchev–Trinajstić information content (AvgIpc) is 2.70. The molecule has 0 aromatic heterocycles. The van der Waals surface area contributed by atoms with Crippen LogP contribution in [0.2, 0.25) is 0 Å². The minimum atomic E-state index is -3.69. The first-order valence-electron chi connectivity index (χ1n) is 9.43. The molecule has 2 aromatic carbocycles. The number of carbonyl (C=O) groups is 1. The molecule has 29 heavy (non-hydrogen) atoms. The predicted octanol–water partition coefficient (Wildman–Crippen LogP) is 2.95. The second-order valence-electron chi connectivity index (χ2n) is 6.44. The molecule has 0 saturated carbocycles. The number of nitrogens with one attached hydrogen (secondary N) is 1. The zero-order chi connectivity index (χ0) is 21.4. The van der Waals surface area contributed by atoms with Crippen LogP contribution < -0.4 is 19.1 Å². The van der Waals surface area contributed by atoms with Crippen LogP contribution in [0, 0.1) is 0 Å². The summed E-state index contributed by atoms with van der Waals surface area (Å²) in [4.78, 5) is 12.9. The van der Waals surface area contributed by atoms with E-state index in [1.165, 1.54) is 0 Å². The van der Waals surface area contributed by atoms with Crippen LogP contribution in [0.25, 0.3) is 0 Å². The van der Waals surface area contributed by atoms with Gasteiger partial charge in [-0.2, -0.15) is 0 Å². The van der Waals surface area contributed by atoms with Gasteiger partial charge in [-0.05, 0) is 43.7 Å². The van der Waals surface area contributed by atoms with Crippen molar-refractivity contribution in [3.63, 3.8) is 0 Å². The number of ether oxygens (including phenoxy) is 2. The Balaban J connectivity index is 2.24. The number of para-hydroxylation sites is 1. The van der Waals surface area contributed by atoms with Crippen molar-refractivity contribution < 1.29 is 22.7 Å². The highest BCUT2D eigenvalue weighted by molar-refractivity contribution is 7.92. The van der Waals surface area contributed by atoms with Gasteiger partial charge in [-0.15, -0.1) is 0 Å². The minimum Gasteiger partial charge on any atom is -0.496 e. The number of methoxy groups -OCH3 is 1. The van der Waals surface area contributed by atoms with Gasteiger partial charge in [0.25, 0.3) is 0 Å². The second-order valence-corrected chi connectivity index (χ2v) is 8.30. The predicted molar refractivity (Wildman–Crippen MR) is 114 cm³/mol. The maximum Gasteiger partial charge on any atom is 0.244 e. The quantitative estimate of drug-likeness (QED) is 0.639. The van der Waals surface area contributed by atoms with Crippen LogP contribution in [0.15, 0.2) is 48.5 Å². The van der Waals surface area contributed by atoms with E-state index in [4.69, 9.17) is 9.47 Å². The number of sulfonamides is 1. The lowest BCUT2D eigenvalue weighted by molar-refractivity contribution is -0.122. The molecule has 1 atom stereocenters. The molecule has 8 heteroatoms. The van der Waals surface area contributed by atoms with E-state index in [0.29, 0.717) is 30.2 Å². The molecule has 2 rings (SSSR count). The Labute approximate surface area is 172 Å². The Morgan fingerprint density at radius 1 is 1.10 bits per heavy atom. The number of rotatable bonds is 10. The van der Waals surface area contributed by atoms with Gasteiger partial charge in [0.2, 0.25) is 15.9 Å². The molecular formula is C21H28N2O5S. The van der Waals surface area contributed by atoms with E-state index in [1.807, 2.05) is 31.2 Å². The van der Waals surface area contributed by atoms with E-state index in [-0.39, 0.29) is 12.5 Å². The molecule has 0 radical (unpaired) electrons. The van der Waals surface area contributed by atoms with Crippen molar-refractivity contribution >= 4 is 21.6 Å². The highest BCUT2D eigenvalue weighted by Crippen LogP contribution is 2.25. The van der Waals surface area contributed by atoms with Crippen molar-refractivity contribution in [3.05, 3.63) is 54.1 Å². The number of anilines is 1. The first-order valence-corrected chi connectivity index (χ1v) is 11.3. The lowest BCUT2D eigenvalue weighted by atomic mass is 10.1. The number of nitrogens with zero attached hydrogens (tertiary/aromatic N) is 1. The topological polar surface area (TPSA) is 84.9 Å². The molecule has 1 unspecified atom stereocenters. The van der Waals surface area contributed by atoms with Gasteiger partial charge >= 0.3 is 0 Å². The molecular weight excluding hydrogens is 392 g/mol. The molecule has 0 bridgehead atoms. The molecule has 0 aliphatic heterocycles. The Morgan fingerprint density at radius 2 is 1.76 bits per heavy atom. The molecule has 7 nitrogen and oxygen atoms in total. The maximum atomic E-state index is 12.9. The number of benzene rings is 2. The molecule has 0 fully saturated rings. The average molecular weight is 421 g/mol. The standard InChI is InChI=1S/C21H28N2O5S/c1-5-19(21(24)22-15-16-9-7-8-10-20(16)27-3)23(29(4,25)26)17-11-13-18(14-12-17)28-6-2/h7-14,19H,5-6,15H2,1-4H3,(H,22,24). The van der Waals surface area contributed by atoms with Gasteiger partial charge in [-0.3, -0.25) is 9.10 Å². The van der Waals surface area contributed by atoms with Gasteiger partial charge in [-0.25, -0.2) is 8.42 Å². The van der Waals surface area contributed by atoms with Gasteiger partial charge in [0, 0.05) is 12.1 Å². The van der Waals surface area contributed by atoms with Crippen molar-refractivity contribution in [2.45, 2.75) is 32.9 Å². The lowest BCUT2D eigenvalue weighted by Gasteiger charge is -2.30. The first-order chi connectivity index (χ1) is 13.8. The van der Waals surface area contributed by atoms with E-state index < -0.39 is 16.1 Å². The molecule has 0 heterocycles. The SMILES string of the molecule is CCOc1ccc(N(C(CC)C(=O)NCc2ccccc2OC)S(C)(=O)=O)cc1. The lowest BCUT2D eigenvalue weighted by Crippen LogP contribution is -2.49. The van der Waals surface area contributed by atoms with Crippen LogP contribution in [0.4, 0.5) is 5.69 Å². The van der Waals surface area contributed by atoms with Gasteiger partial charge in [-0.1, -0.05) is 25.1 Å². The third-order valence-electron chi connectivity index (χ3n) is 4.38. The smallest absolute Gasteiger partial charge is 0.244 e. The van der Waals surface area contributed by atoms with Crippen molar-refractivity contribution in [2.24, 2.45) is 0 Å². The molecule has 0 saturated heterocycles.